The van der Waals surface area contributed by atoms with Crippen molar-refractivity contribution in [2.24, 2.45) is 0 Å². The molecule has 3 aromatic rings. The molecule has 35 heavy (non-hydrogen) atoms. The Hall–Kier alpha value is -3.78. The van der Waals surface area contributed by atoms with Gasteiger partial charge in [-0.25, -0.2) is 8.42 Å². The molecule has 1 amide bonds. The van der Waals surface area contributed by atoms with Gasteiger partial charge in [-0.15, -0.1) is 0 Å². The Morgan fingerprint density at radius 3 is 2.11 bits per heavy atom. The molecule has 3 aromatic carbocycles. The molecule has 0 spiro atoms. The summed E-state index contributed by atoms with van der Waals surface area (Å²) in [5, 5.41) is 0. The third kappa shape index (κ3) is 6.22. The second kappa shape index (κ2) is 11.6. The third-order valence-electron chi connectivity index (χ3n) is 5.05. The Kier molecular flexibility index (Phi) is 8.54. The second-order valence-corrected chi connectivity index (χ2v) is 9.31. The SMILES string of the molecule is CCOc1ccc(/C=C/C(=O)N(c2ccc(OC)cc2)S(=O)(=O)c2ccc(C)cc2)cc1OCC. The van der Waals surface area contributed by atoms with Gasteiger partial charge >= 0.3 is 0 Å². The van der Waals surface area contributed by atoms with E-state index in [1.54, 1.807) is 48.5 Å². The Morgan fingerprint density at radius 1 is 0.886 bits per heavy atom. The average molecular weight is 496 g/mol. The van der Waals surface area contributed by atoms with Crippen LogP contribution in [0.15, 0.2) is 77.7 Å². The van der Waals surface area contributed by atoms with Crippen molar-refractivity contribution in [1.82, 2.24) is 0 Å². The van der Waals surface area contributed by atoms with E-state index >= 15 is 0 Å². The lowest BCUT2D eigenvalue weighted by atomic mass is 10.2. The van der Waals surface area contributed by atoms with Crippen molar-refractivity contribution in [3.63, 3.8) is 0 Å². The highest BCUT2D eigenvalue weighted by atomic mass is 32.2. The van der Waals surface area contributed by atoms with E-state index in [1.165, 1.54) is 37.5 Å². The number of hydrogen-bond donors (Lipinski definition) is 0. The molecular formula is C27H29NO6S. The van der Waals surface area contributed by atoms with E-state index in [9.17, 15) is 13.2 Å². The number of anilines is 1. The molecule has 0 aromatic heterocycles. The maximum atomic E-state index is 13.5. The number of hydrogen-bond acceptors (Lipinski definition) is 6. The summed E-state index contributed by atoms with van der Waals surface area (Å²) < 4.78 is 44.2. The summed E-state index contributed by atoms with van der Waals surface area (Å²) in [5.41, 5.74) is 1.77. The normalized spacial score (nSPS) is 11.3. The minimum absolute atomic E-state index is 0.0142. The molecule has 8 heteroatoms. The number of carbonyl (C=O) groups excluding carboxylic acids is 1. The molecule has 0 fully saturated rings. The van der Waals surface area contributed by atoms with Gasteiger partial charge < -0.3 is 14.2 Å². The summed E-state index contributed by atoms with van der Waals surface area (Å²) in [7, 11) is -2.67. The zero-order valence-corrected chi connectivity index (χ0v) is 21.0. The van der Waals surface area contributed by atoms with Gasteiger partial charge in [0.25, 0.3) is 15.9 Å². The molecule has 0 atom stereocenters. The fourth-order valence-corrected chi connectivity index (χ4v) is 4.71. The molecule has 7 nitrogen and oxygen atoms in total. The highest BCUT2D eigenvalue weighted by Gasteiger charge is 2.29. The molecule has 3 rings (SSSR count). The molecular weight excluding hydrogens is 466 g/mol. The molecule has 184 valence electrons. The lowest BCUT2D eigenvalue weighted by molar-refractivity contribution is -0.113. The quantitative estimate of drug-likeness (QED) is 0.358. The minimum atomic E-state index is -4.18. The first-order valence-corrected chi connectivity index (χ1v) is 12.6. The van der Waals surface area contributed by atoms with Crippen LogP contribution in [-0.2, 0) is 14.8 Å². The average Bonchev–Trinajstić information content (AvgIpc) is 2.85. The fraction of sp³-hybridized carbons (Fsp3) is 0.222. The summed E-state index contributed by atoms with van der Waals surface area (Å²) in [6, 6.07) is 17.9. The zero-order valence-electron chi connectivity index (χ0n) is 20.2. The summed E-state index contributed by atoms with van der Waals surface area (Å²) in [6.07, 6.45) is 2.77. The molecule has 0 aliphatic rings. The summed E-state index contributed by atoms with van der Waals surface area (Å²) >= 11 is 0. The molecule has 0 bridgehead atoms. The van der Waals surface area contributed by atoms with Gasteiger partial charge in [0, 0.05) is 6.08 Å². The van der Waals surface area contributed by atoms with Crippen LogP contribution in [0.25, 0.3) is 6.08 Å². The monoisotopic (exact) mass is 495 g/mol. The third-order valence-corrected chi connectivity index (χ3v) is 6.79. The van der Waals surface area contributed by atoms with E-state index in [4.69, 9.17) is 14.2 Å². The van der Waals surface area contributed by atoms with Crippen LogP contribution in [0.3, 0.4) is 0 Å². The van der Waals surface area contributed by atoms with Crippen LogP contribution in [0.4, 0.5) is 5.69 Å². The van der Waals surface area contributed by atoms with Gasteiger partial charge in [0.15, 0.2) is 11.5 Å². The first-order valence-electron chi connectivity index (χ1n) is 11.2. The Labute approximate surface area is 206 Å². The molecule has 0 N–H and O–H groups in total. The minimum Gasteiger partial charge on any atom is -0.497 e. The lowest BCUT2D eigenvalue weighted by Crippen LogP contribution is -2.35. The van der Waals surface area contributed by atoms with E-state index in [2.05, 4.69) is 0 Å². The van der Waals surface area contributed by atoms with Crippen LogP contribution in [0.2, 0.25) is 0 Å². The number of amides is 1. The fourth-order valence-electron chi connectivity index (χ4n) is 3.32. The Balaban J connectivity index is 2.00. The topological polar surface area (TPSA) is 82.1 Å². The predicted octanol–water partition coefficient (Wildman–Crippen LogP) is 5.24. The van der Waals surface area contributed by atoms with Crippen molar-refractivity contribution in [2.75, 3.05) is 24.6 Å². The smallest absolute Gasteiger partial charge is 0.271 e. The molecule has 0 heterocycles. The first-order chi connectivity index (χ1) is 16.8. The molecule has 0 radical (unpaired) electrons. The number of ether oxygens (including phenoxy) is 3. The van der Waals surface area contributed by atoms with Crippen molar-refractivity contribution in [3.8, 4) is 17.2 Å². The van der Waals surface area contributed by atoms with E-state index < -0.39 is 15.9 Å². The lowest BCUT2D eigenvalue weighted by Gasteiger charge is -2.21. The van der Waals surface area contributed by atoms with Crippen LogP contribution >= 0.6 is 0 Å². The zero-order chi connectivity index (χ0) is 25.4. The predicted molar refractivity (Wildman–Crippen MR) is 137 cm³/mol. The van der Waals surface area contributed by atoms with E-state index in [1.807, 2.05) is 20.8 Å². The Morgan fingerprint density at radius 2 is 1.51 bits per heavy atom. The number of rotatable bonds is 10. The highest BCUT2D eigenvalue weighted by molar-refractivity contribution is 7.93. The van der Waals surface area contributed by atoms with Crippen LogP contribution in [0, 0.1) is 6.92 Å². The van der Waals surface area contributed by atoms with Crippen LogP contribution in [0.5, 0.6) is 17.2 Å². The van der Waals surface area contributed by atoms with Gasteiger partial charge in [-0.05, 0) is 80.9 Å². The maximum Gasteiger partial charge on any atom is 0.271 e. The number of aryl methyl sites for hydroxylation is 1. The standard InChI is InChI=1S/C27H29NO6S/c1-5-33-25-17-9-21(19-26(25)34-6-2)10-18-27(29)28(22-11-13-23(32-4)14-12-22)35(30,31)24-15-7-20(3)8-16-24/h7-19H,5-6H2,1-4H3/b18-10+. The van der Waals surface area contributed by atoms with Crippen LogP contribution in [-0.4, -0.2) is 34.6 Å². The van der Waals surface area contributed by atoms with E-state index in [0.29, 0.717) is 36.0 Å². The van der Waals surface area contributed by atoms with Gasteiger partial charge in [0.05, 0.1) is 30.9 Å². The first kappa shape index (κ1) is 25.8. The molecule has 0 saturated heterocycles. The van der Waals surface area contributed by atoms with Crippen molar-refractivity contribution in [1.29, 1.82) is 0 Å². The number of nitrogens with zero attached hydrogens (tertiary/aromatic N) is 1. The van der Waals surface area contributed by atoms with Gasteiger partial charge in [-0.2, -0.15) is 4.31 Å². The summed E-state index contributed by atoms with van der Waals surface area (Å²) in [6.45, 7) is 6.54. The van der Waals surface area contributed by atoms with Crippen molar-refractivity contribution < 1.29 is 27.4 Å². The number of carbonyl (C=O) groups is 1. The second-order valence-electron chi connectivity index (χ2n) is 7.52. The number of methoxy groups -OCH3 is 1. The van der Waals surface area contributed by atoms with E-state index in [-0.39, 0.29) is 10.6 Å². The summed E-state index contributed by atoms with van der Waals surface area (Å²) in [4.78, 5) is 13.3. The number of benzene rings is 3. The van der Waals surface area contributed by atoms with Gasteiger partial charge in [0.1, 0.15) is 5.75 Å². The maximum absolute atomic E-state index is 13.5. The van der Waals surface area contributed by atoms with Crippen molar-refractivity contribution >= 4 is 27.7 Å². The number of sulfonamides is 1. The molecule has 0 saturated carbocycles. The van der Waals surface area contributed by atoms with Crippen LogP contribution < -0.4 is 18.5 Å². The molecule has 0 aliphatic heterocycles. The Bertz CT molecular complexity index is 1280. The molecule has 0 aliphatic carbocycles. The highest BCUT2D eigenvalue weighted by Crippen LogP contribution is 2.30. The van der Waals surface area contributed by atoms with Crippen molar-refractivity contribution in [3.05, 3.63) is 83.9 Å². The van der Waals surface area contributed by atoms with Gasteiger partial charge in [0.2, 0.25) is 0 Å². The van der Waals surface area contributed by atoms with Gasteiger partial charge in [-0.3, -0.25) is 4.79 Å². The molecule has 0 unspecified atom stereocenters. The summed E-state index contributed by atoms with van der Waals surface area (Å²) in [5.74, 6) is 0.965. The van der Waals surface area contributed by atoms with E-state index in [0.717, 1.165) is 9.87 Å². The largest absolute Gasteiger partial charge is 0.497 e. The van der Waals surface area contributed by atoms with Crippen molar-refractivity contribution in [2.45, 2.75) is 25.7 Å². The van der Waals surface area contributed by atoms with Crippen LogP contribution in [0.1, 0.15) is 25.0 Å². The van der Waals surface area contributed by atoms with Gasteiger partial charge in [-0.1, -0.05) is 23.8 Å².